The van der Waals surface area contributed by atoms with Crippen molar-refractivity contribution in [1.82, 2.24) is 5.32 Å². The zero-order valence-electron chi connectivity index (χ0n) is 11.7. The highest BCUT2D eigenvalue weighted by molar-refractivity contribution is 5.42. The fourth-order valence-corrected chi connectivity index (χ4v) is 2.21. The third-order valence-corrected chi connectivity index (χ3v) is 3.26. The van der Waals surface area contributed by atoms with E-state index in [-0.39, 0.29) is 11.6 Å². The van der Waals surface area contributed by atoms with Gasteiger partial charge in [-0.2, -0.15) is 8.78 Å². The lowest BCUT2D eigenvalue weighted by Crippen LogP contribution is -2.19. The largest absolute Gasteiger partial charge is 0.434 e. The van der Waals surface area contributed by atoms with Crippen molar-refractivity contribution in [1.29, 1.82) is 0 Å². The molecule has 0 saturated heterocycles. The van der Waals surface area contributed by atoms with Gasteiger partial charge in [0.1, 0.15) is 11.6 Å². The van der Waals surface area contributed by atoms with Crippen LogP contribution >= 0.6 is 0 Å². The van der Waals surface area contributed by atoms with Crippen molar-refractivity contribution in [2.75, 3.05) is 7.05 Å². The SMILES string of the molecule is CNC(c1ccc(C)c(F)c1)c1ccccc1OC(F)F. The van der Waals surface area contributed by atoms with Gasteiger partial charge < -0.3 is 10.1 Å². The van der Waals surface area contributed by atoms with Crippen LogP contribution in [0.4, 0.5) is 13.2 Å². The van der Waals surface area contributed by atoms with Crippen molar-refractivity contribution in [3.63, 3.8) is 0 Å². The molecule has 1 unspecified atom stereocenters. The summed E-state index contributed by atoms with van der Waals surface area (Å²) in [5.74, 6) is -0.257. The molecule has 0 amide bonds. The molecule has 1 N–H and O–H groups in total. The molecule has 2 nitrogen and oxygen atoms in total. The molecular weight excluding hydrogens is 279 g/mol. The summed E-state index contributed by atoms with van der Waals surface area (Å²) in [6.45, 7) is -1.24. The van der Waals surface area contributed by atoms with E-state index >= 15 is 0 Å². The van der Waals surface area contributed by atoms with Crippen molar-refractivity contribution in [3.8, 4) is 5.75 Å². The number of alkyl halides is 2. The lowest BCUT2D eigenvalue weighted by molar-refractivity contribution is -0.0506. The van der Waals surface area contributed by atoms with Crippen LogP contribution in [0, 0.1) is 12.7 Å². The van der Waals surface area contributed by atoms with Crippen LogP contribution in [-0.2, 0) is 0 Å². The number of aryl methyl sites for hydroxylation is 1. The fourth-order valence-electron chi connectivity index (χ4n) is 2.21. The fraction of sp³-hybridized carbons (Fsp3) is 0.250. The average Bonchev–Trinajstić information content (AvgIpc) is 2.44. The minimum atomic E-state index is -2.90. The molecule has 5 heteroatoms. The Labute approximate surface area is 121 Å². The molecule has 0 spiro atoms. The van der Waals surface area contributed by atoms with Gasteiger partial charge >= 0.3 is 6.61 Å². The molecule has 1 atom stereocenters. The lowest BCUT2D eigenvalue weighted by atomic mass is 9.97. The third-order valence-electron chi connectivity index (χ3n) is 3.26. The molecule has 0 aliphatic heterocycles. The Morgan fingerprint density at radius 1 is 1.10 bits per heavy atom. The Balaban J connectivity index is 2.43. The van der Waals surface area contributed by atoms with Crippen molar-refractivity contribution in [2.24, 2.45) is 0 Å². The molecule has 2 aromatic rings. The van der Waals surface area contributed by atoms with E-state index in [1.54, 1.807) is 44.3 Å². The minimum Gasteiger partial charge on any atom is -0.434 e. The maximum Gasteiger partial charge on any atom is 0.387 e. The summed E-state index contributed by atoms with van der Waals surface area (Å²) in [7, 11) is 1.68. The van der Waals surface area contributed by atoms with Crippen molar-refractivity contribution in [3.05, 3.63) is 65.0 Å². The number of nitrogens with one attached hydrogen (secondary N) is 1. The number of hydrogen-bond donors (Lipinski definition) is 1. The van der Waals surface area contributed by atoms with E-state index in [4.69, 9.17) is 0 Å². The maximum absolute atomic E-state index is 13.7. The highest BCUT2D eigenvalue weighted by Gasteiger charge is 2.19. The number of benzene rings is 2. The Morgan fingerprint density at radius 2 is 1.81 bits per heavy atom. The molecular formula is C16H16F3NO. The minimum absolute atomic E-state index is 0.0767. The molecule has 0 aromatic heterocycles. The maximum atomic E-state index is 13.7. The first-order valence-corrected chi connectivity index (χ1v) is 6.50. The first-order valence-electron chi connectivity index (χ1n) is 6.50. The van der Waals surface area contributed by atoms with Crippen molar-refractivity contribution < 1.29 is 17.9 Å². The topological polar surface area (TPSA) is 21.3 Å². The van der Waals surface area contributed by atoms with Crippen molar-refractivity contribution >= 4 is 0 Å². The highest BCUT2D eigenvalue weighted by atomic mass is 19.3. The van der Waals surface area contributed by atoms with E-state index in [9.17, 15) is 13.2 Å². The Hall–Kier alpha value is -2.01. The number of halogens is 3. The van der Waals surface area contributed by atoms with E-state index in [1.165, 1.54) is 12.1 Å². The number of hydrogen-bond acceptors (Lipinski definition) is 2. The summed E-state index contributed by atoms with van der Waals surface area (Å²) >= 11 is 0. The molecule has 112 valence electrons. The van der Waals surface area contributed by atoms with E-state index in [1.807, 2.05) is 0 Å². The van der Waals surface area contributed by atoms with Gasteiger partial charge in [0, 0.05) is 5.56 Å². The summed E-state index contributed by atoms with van der Waals surface area (Å²) in [5.41, 5.74) is 1.71. The van der Waals surface area contributed by atoms with Gasteiger partial charge in [0.15, 0.2) is 0 Å². The molecule has 2 rings (SSSR count). The van der Waals surface area contributed by atoms with Crippen LogP contribution in [0.15, 0.2) is 42.5 Å². The number of para-hydroxylation sites is 1. The number of ether oxygens (including phenoxy) is 1. The summed E-state index contributed by atoms with van der Waals surface area (Å²) in [6, 6.07) is 10.9. The molecule has 21 heavy (non-hydrogen) atoms. The zero-order chi connectivity index (χ0) is 15.4. The highest BCUT2D eigenvalue weighted by Crippen LogP contribution is 2.31. The third kappa shape index (κ3) is 3.55. The van der Waals surface area contributed by atoms with Gasteiger partial charge in [0.2, 0.25) is 0 Å². The molecule has 0 saturated carbocycles. The molecule has 0 radical (unpaired) electrons. The summed E-state index contributed by atoms with van der Waals surface area (Å²) in [5, 5.41) is 3.00. The quantitative estimate of drug-likeness (QED) is 0.898. The zero-order valence-corrected chi connectivity index (χ0v) is 11.7. The predicted molar refractivity (Wildman–Crippen MR) is 75.1 cm³/mol. The Kier molecular flexibility index (Phi) is 4.85. The molecule has 0 aliphatic carbocycles. The van der Waals surface area contributed by atoms with Crippen molar-refractivity contribution in [2.45, 2.75) is 19.6 Å². The molecule has 0 bridgehead atoms. The van der Waals surface area contributed by atoms with Crippen LogP contribution in [0.25, 0.3) is 0 Å². The van der Waals surface area contributed by atoms with Gasteiger partial charge in [-0.3, -0.25) is 0 Å². The van der Waals surface area contributed by atoms with Crippen LogP contribution in [0.1, 0.15) is 22.7 Å². The standard InChI is InChI=1S/C16H16F3NO/c1-10-7-8-11(9-13(10)17)15(20-2)12-5-3-4-6-14(12)21-16(18)19/h3-9,15-16,20H,1-2H3. The monoisotopic (exact) mass is 295 g/mol. The summed E-state index contributed by atoms with van der Waals surface area (Å²) in [6.07, 6.45) is 0. The van der Waals surface area contributed by atoms with E-state index < -0.39 is 12.7 Å². The second kappa shape index (κ2) is 6.63. The van der Waals surface area contributed by atoms with Gasteiger partial charge in [-0.25, -0.2) is 4.39 Å². The molecule has 0 heterocycles. The van der Waals surface area contributed by atoms with Gasteiger partial charge in [-0.1, -0.05) is 30.3 Å². The number of rotatable bonds is 5. The molecule has 0 fully saturated rings. The van der Waals surface area contributed by atoms with Crippen LogP contribution in [-0.4, -0.2) is 13.7 Å². The van der Waals surface area contributed by atoms with Gasteiger partial charge in [0.05, 0.1) is 6.04 Å². The first-order chi connectivity index (χ1) is 10.0. The lowest BCUT2D eigenvalue weighted by Gasteiger charge is -2.20. The summed E-state index contributed by atoms with van der Waals surface area (Å²) < 4.78 is 43.2. The van der Waals surface area contributed by atoms with Crippen LogP contribution < -0.4 is 10.1 Å². The van der Waals surface area contributed by atoms with E-state index in [0.717, 1.165) is 0 Å². The molecule has 2 aromatic carbocycles. The Morgan fingerprint density at radius 3 is 2.43 bits per heavy atom. The van der Waals surface area contributed by atoms with Gasteiger partial charge in [0.25, 0.3) is 0 Å². The second-order valence-electron chi connectivity index (χ2n) is 4.65. The van der Waals surface area contributed by atoms with E-state index in [2.05, 4.69) is 10.1 Å². The van der Waals surface area contributed by atoms with E-state index in [0.29, 0.717) is 16.7 Å². The van der Waals surface area contributed by atoms with Crippen LogP contribution in [0.3, 0.4) is 0 Å². The van der Waals surface area contributed by atoms with Crippen LogP contribution in [0.2, 0.25) is 0 Å². The van der Waals surface area contributed by atoms with Gasteiger partial charge in [-0.15, -0.1) is 0 Å². The normalized spacial score (nSPS) is 12.5. The van der Waals surface area contributed by atoms with Gasteiger partial charge in [-0.05, 0) is 37.2 Å². The Bertz CT molecular complexity index is 616. The van der Waals surface area contributed by atoms with Crippen LogP contribution in [0.5, 0.6) is 5.75 Å². The average molecular weight is 295 g/mol. The predicted octanol–water partition coefficient (Wildman–Crippen LogP) is 4.04. The smallest absolute Gasteiger partial charge is 0.387 e. The molecule has 0 aliphatic rings. The second-order valence-corrected chi connectivity index (χ2v) is 4.65. The first kappa shape index (κ1) is 15.4. The summed E-state index contributed by atoms with van der Waals surface area (Å²) in [4.78, 5) is 0.